The summed E-state index contributed by atoms with van der Waals surface area (Å²) < 4.78 is 5.35. The minimum Gasteiger partial charge on any atom is -0.382 e. The molecule has 5 nitrogen and oxygen atoms in total. The molecule has 0 aromatic carbocycles. The lowest BCUT2D eigenvalue weighted by molar-refractivity contribution is -0.161. The molecule has 0 saturated carbocycles. The fourth-order valence-electron chi connectivity index (χ4n) is 3.96. The number of ether oxygens (including phenoxy) is 1. The molecule has 94 valence electrons. The van der Waals surface area contributed by atoms with Crippen molar-refractivity contribution in [2.24, 2.45) is 5.41 Å². The van der Waals surface area contributed by atoms with Gasteiger partial charge >= 0.3 is 0 Å². The van der Waals surface area contributed by atoms with Gasteiger partial charge in [-0.25, -0.2) is 0 Å². The van der Waals surface area contributed by atoms with Crippen LogP contribution in [0.25, 0.3) is 0 Å². The summed E-state index contributed by atoms with van der Waals surface area (Å²) in [5.74, 6) is -0.272. The van der Waals surface area contributed by atoms with E-state index in [0.29, 0.717) is 19.6 Å². The second-order valence-corrected chi connectivity index (χ2v) is 5.22. The van der Waals surface area contributed by atoms with E-state index >= 15 is 0 Å². The lowest BCUT2D eigenvalue weighted by Crippen LogP contribution is -2.54. The Balaban J connectivity index is 2.16. The van der Waals surface area contributed by atoms with Gasteiger partial charge in [-0.2, -0.15) is 0 Å². The highest BCUT2D eigenvalue weighted by Crippen LogP contribution is 2.59. The van der Waals surface area contributed by atoms with E-state index in [1.807, 2.05) is 0 Å². The third-order valence-corrected chi connectivity index (χ3v) is 4.75. The maximum absolute atomic E-state index is 12.1. The van der Waals surface area contributed by atoms with Gasteiger partial charge in [0, 0.05) is 6.54 Å². The SMILES string of the molecule is C=CC[C@@]12C(O)OC[C@@]13CCCN3C(=O)[C@H]2O. The second kappa shape index (κ2) is 3.31. The van der Waals surface area contributed by atoms with E-state index in [4.69, 9.17) is 4.74 Å². The third-order valence-electron chi connectivity index (χ3n) is 4.75. The van der Waals surface area contributed by atoms with Crippen molar-refractivity contribution in [1.29, 1.82) is 0 Å². The molecule has 3 aliphatic heterocycles. The summed E-state index contributed by atoms with van der Waals surface area (Å²) in [4.78, 5) is 13.8. The minimum absolute atomic E-state index is 0.272. The van der Waals surface area contributed by atoms with E-state index in [9.17, 15) is 15.0 Å². The van der Waals surface area contributed by atoms with Crippen LogP contribution in [0.3, 0.4) is 0 Å². The second-order valence-electron chi connectivity index (χ2n) is 5.22. The first kappa shape index (κ1) is 11.2. The van der Waals surface area contributed by atoms with Gasteiger partial charge in [0.1, 0.15) is 6.10 Å². The monoisotopic (exact) mass is 239 g/mol. The third kappa shape index (κ3) is 0.991. The number of aliphatic hydroxyl groups excluding tert-OH is 2. The zero-order valence-corrected chi connectivity index (χ0v) is 9.63. The molecule has 0 aliphatic carbocycles. The normalized spacial score (nSPS) is 48.4. The highest BCUT2D eigenvalue weighted by atomic mass is 16.6. The number of nitrogens with zero attached hydrogens (tertiary/aromatic N) is 1. The van der Waals surface area contributed by atoms with Crippen LogP contribution in [0.4, 0.5) is 0 Å². The van der Waals surface area contributed by atoms with Gasteiger partial charge in [-0.1, -0.05) is 6.08 Å². The number of amides is 1. The molecule has 4 atom stereocenters. The van der Waals surface area contributed by atoms with Crippen molar-refractivity contribution in [1.82, 2.24) is 4.90 Å². The Morgan fingerprint density at radius 2 is 2.35 bits per heavy atom. The van der Waals surface area contributed by atoms with Gasteiger partial charge < -0.3 is 19.8 Å². The number of carbonyl (C=O) groups is 1. The molecule has 1 spiro atoms. The van der Waals surface area contributed by atoms with Crippen LogP contribution < -0.4 is 0 Å². The molecule has 0 aromatic heterocycles. The van der Waals surface area contributed by atoms with Gasteiger partial charge in [-0.05, 0) is 19.3 Å². The summed E-state index contributed by atoms with van der Waals surface area (Å²) >= 11 is 0. The molecule has 0 bridgehead atoms. The predicted molar refractivity (Wildman–Crippen MR) is 58.9 cm³/mol. The number of hydrogen-bond acceptors (Lipinski definition) is 4. The quantitative estimate of drug-likeness (QED) is 0.645. The molecule has 0 aromatic rings. The Morgan fingerprint density at radius 1 is 1.59 bits per heavy atom. The van der Waals surface area contributed by atoms with Crippen LogP contribution in [0.5, 0.6) is 0 Å². The van der Waals surface area contributed by atoms with Gasteiger partial charge in [-0.15, -0.1) is 6.58 Å². The Hall–Kier alpha value is -0.910. The van der Waals surface area contributed by atoms with Crippen molar-refractivity contribution in [2.75, 3.05) is 13.2 Å². The van der Waals surface area contributed by atoms with Crippen LogP contribution in [0.15, 0.2) is 12.7 Å². The van der Waals surface area contributed by atoms with Crippen molar-refractivity contribution in [2.45, 2.75) is 37.2 Å². The minimum atomic E-state index is -1.18. The van der Waals surface area contributed by atoms with Gasteiger partial charge in [0.05, 0.1) is 17.6 Å². The zero-order chi connectivity index (χ0) is 12.3. The van der Waals surface area contributed by atoms with E-state index in [2.05, 4.69) is 6.58 Å². The van der Waals surface area contributed by atoms with Crippen LogP contribution >= 0.6 is 0 Å². The average molecular weight is 239 g/mol. The van der Waals surface area contributed by atoms with Crippen LogP contribution in [0, 0.1) is 5.41 Å². The Morgan fingerprint density at radius 3 is 3.06 bits per heavy atom. The molecule has 2 N–H and O–H groups in total. The first-order valence-electron chi connectivity index (χ1n) is 6.00. The Bertz CT molecular complexity index is 385. The highest BCUT2D eigenvalue weighted by Gasteiger charge is 2.75. The Labute approximate surface area is 99.7 Å². The molecule has 3 fully saturated rings. The van der Waals surface area contributed by atoms with E-state index in [1.54, 1.807) is 11.0 Å². The molecule has 1 amide bonds. The zero-order valence-electron chi connectivity index (χ0n) is 9.63. The maximum Gasteiger partial charge on any atom is 0.252 e. The van der Waals surface area contributed by atoms with Crippen molar-refractivity contribution in [3.05, 3.63) is 12.7 Å². The lowest BCUT2D eigenvalue weighted by Gasteiger charge is -2.40. The van der Waals surface area contributed by atoms with E-state index in [0.717, 1.165) is 12.8 Å². The first-order valence-corrected chi connectivity index (χ1v) is 6.00. The average Bonchev–Trinajstić information content (AvgIpc) is 2.90. The smallest absolute Gasteiger partial charge is 0.252 e. The highest BCUT2D eigenvalue weighted by molar-refractivity contribution is 5.87. The van der Waals surface area contributed by atoms with Crippen LogP contribution in [0.1, 0.15) is 19.3 Å². The maximum atomic E-state index is 12.1. The van der Waals surface area contributed by atoms with Crippen molar-refractivity contribution >= 4 is 5.91 Å². The van der Waals surface area contributed by atoms with Gasteiger partial charge in [0.15, 0.2) is 6.29 Å². The van der Waals surface area contributed by atoms with E-state index < -0.39 is 23.3 Å². The Kier molecular flexibility index (Phi) is 2.18. The summed E-state index contributed by atoms with van der Waals surface area (Å²) in [6.07, 6.45) is 1.43. The van der Waals surface area contributed by atoms with Gasteiger partial charge in [0.25, 0.3) is 5.91 Å². The molecular weight excluding hydrogens is 222 g/mol. The summed E-state index contributed by atoms with van der Waals surface area (Å²) in [6, 6.07) is 0. The molecule has 3 saturated heterocycles. The van der Waals surface area contributed by atoms with Crippen LogP contribution in [-0.2, 0) is 9.53 Å². The number of carbonyl (C=O) groups excluding carboxylic acids is 1. The molecule has 3 aliphatic rings. The molecular formula is C12H17NO4. The van der Waals surface area contributed by atoms with Gasteiger partial charge in [0.2, 0.25) is 0 Å². The number of hydrogen-bond donors (Lipinski definition) is 2. The van der Waals surface area contributed by atoms with Crippen molar-refractivity contribution < 1.29 is 19.7 Å². The van der Waals surface area contributed by atoms with Crippen LogP contribution in [0.2, 0.25) is 0 Å². The van der Waals surface area contributed by atoms with Crippen molar-refractivity contribution in [3.8, 4) is 0 Å². The van der Waals surface area contributed by atoms with Crippen LogP contribution in [-0.4, -0.2) is 52.1 Å². The van der Waals surface area contributed by atoms with Crippen molar-refractivity contribution in [3.63, 3.8) is 0 Å². The molecule has 3 heterocycles. The predicted octanol–water partition coefficient (Wildman–Crippen LogP) is -0.367. The summed E-state index contributed by atoms with van der Waals surface area (Å²) in [7, 11) is 0. The topological polar surface area (TPSA) is 70.0 Å². The standard InChI is InChI=1S/C12H17NO4/c1-2-4-12-8(14)9(15)13-6-3-5-11(12,13)7-17-10(12)16/h2,8,10,14,16H,1,3-7H2/t8-,10?,11+,12-/m1/s1. The molecule has 3 rings (SSSR count). The fourth-order valence-corrected chi connectivity index (χ4v) is 3.96. The largest absolute Gasteiger partial charge is 0.382 e. The van der Waals surface area contributed by atoms with E-state index in [-0.39, 0.29) is 5.91 Å². The number of rotatable bonds is 2. The summed E-state index contributed by atoms with van der Waals surface area (Å²) in [5, 5.41) is 20.3. The van der Waals surface area contributed by atoms with Gasteiger partial charge in [-0.3, -0.25) is 4.79 Å². The number of aliphatic hydroxyl groups is 2. The summed E-state index contributed by atoms with van der Waals surface area (Å²) in [6.45, 7) is 4.63. The molecule has 17 heavy (non-hydrogen) atoms. The molecule has 1 unspecified atom stereocenters. The first-order chi connectivity index (χ1) is 8.10. The number of allylic oxidation sites excluding steroid dienone is 1. The summed E-state index contributed by atoms with van der Waals surface area (Å²) in [5.41, 5.74) is -1.46. The molecule has 5 heteroatoms. The fraction of sp³-hybridized carbons (Fsp3) is 0.750. The lowest BCUT2D eigenvalue weighted by atomic mass is 9.67. The van der Waals surface area contributed by atoms with E-state index in [1.165, 1.54) is 0 Å². The molecule has 0 radical (unpaired) electrons.